The average Bonchev–Trinajstić information content (AvgIpc) is 2.90. The first kappa shape index (κ1) is 23.8. The molecule has 4 rings (SSSR count). The summed E-state index contributed by atoms with van der Waals surface area (Å²) in [6, 6.07) is 20.0. The highest BCUT2D eigenvalue weighted by atomic mass is 16.5. The number of aromatic nitrogens is 2. The summed E-state index contributed by atoms with van der Waals surface area (Å²) < 4.78 is 11.5. The molecule has 8 heteroatoms. The fourth-order valence-electron chi connectivity index (χ4n) is 4.15. The molecule has 8 nitrogen and oxygen atoms in total. The highest BCUT2D eigenvalue weighted by Crippen LogP contribution is 2.33. The van der Waals surface area contributed by atoms with Gasteiger partial charge in [-0.2, -0.15) is 0 Å². The van der Waals surface area contributed by atoms with Crippen LogP contribution in [0.2, 0.25) is 0 Å². The average molecular weight is 472 g/mol. The number of amidine groups is 1. The van der Waals surface area contributed by atoms with E-state index >= 15 is 0 Å². The maximum Gasteiger partial charge on any atom is 0.143 e. The van der Waals surface area contributed by atoms with Crippen LogP contribution in [0.5, 0.6) is 11.5 Å². The van der Waals surface area contributed by atoms with Crippen molar-refractivity contribution in [2.24, 2.45) is 10.9 Å². The van der Waals surface area contributed by atoms with Crippen molar-refractivity contribution in [3.8, 4) is 22.8 Å². The van der Waals surface area contributed by atoms with Gasteiger partial charge in [0.1, 0.15) is 29.5 Å². The summed E-state index contributed by atoms with van der Waals surface area (Å²) in [7, 11) is 1.70. The first-order valence-electron chi connectivity index (χ1n) is 11.5. The molecule has 0 saturated carbocycles. The van der Waals surface area contributed by atoms with Gasteiger partial charge in [0, 0.05) is 35.7 Å². The van der Waals surface area contributed by atoms with E-state index in [9.17, 15) is 0 Å². The number of ether oxygens (including phenoxy) is 2. The van der Waals surface area contributed by atoms with Crippen molar-refractivity contribution >= 4 is 22.4 Å². The Balaban J connectivity index is 1.56. The molecule has 0 atom stereocenters. The minimum absolute atomic E-state index is 0.108. The molecule has 1 aromatic heterocycles. The zero-order chi connectivity index (χ0) is 24.6. The minimum atomic E-state index is 0.108. The standard InChI is InChI=1S/C27H29N5O3/c1-3-35-27-19(15-25(28)32-33)8-6-10-22(27)23-16-26(31-17-30-23)29-14-13-21-20-9-5-4-7-18(20)11-12-24(21)34-2/h4-12,16-17,33H,3,13-15H2,1-2H3,(H2,28,32)(H,29,30,31). The Labute approximate surface area is 204 Å². The van der Waals surface area contributed by atoms with E-state index in [-0.39, 0.29) is 12.3 Å². The Bertz CT molecular complexity index is 1340. The summed E-state index contributed by atoms with van der Waals surface area (Å²) in [6.07, 6.45) is 2.56. The zero-order valence-electron chi connectivity index (χ0n) is 19.9. The number of para-hydroxylation sites is 1. The molecule has 0 amide bonds. The predicted octanol–water partition coefficient (Wildman–Crippen LogP) is 4.65. The molecular weight excluding hydrogens is 442 g/mol. The van der Waals surface area contributed by atoms with Crippen LogP contribution in [0.1, 0.15) is 18.1 Å². The first-order chi connectivity index (χ1) is 17.1. The van der Waals surface area contributed by atoms with Crippen molar-refractivity contribution in [2.45, 2.75) is 19.8 Å². The van der Waals surface area contributed by atoms with Gasteiger partial charge in [-0.1, -0.05) is 47.6 Å². The molecule has 0 spiro atoms. The quantitative estimate of drug-likeness (QED) is 0.133. The van der Waals surface area contributed by atoms with Crippen LogP contribution in [0.4, 0.5) is 5.82 Å². The van der Waals surface area contributed by atoms with E-state index in [1.165, 1.54) is 17.1 Å². The second kappa shape index (κ2) is 11.2. The number of rotatable bonds is 10. The van der Waals surface area contributed by atoms with Gasteiger partial charge >= 0.3 is 0 Å². The summed E-state index contributed by atoms with van der Waals surface area (Å²) in [5, 5.41) is 17.8. The van der Waals surface area contributed by atoms with Gasteiger partial charge in [0.2, 0.25) is 0 Å². The molecule has 0 aliphatic rings. The molecular formula is C27H29N5O3. The third-order valence-corrected chi connectivity index (χ3v) is 5.73. The first-order valence-corrected chi connectivity index (χ1v) is 11.5. The number of anilines is 1. The van der Waals surface area contributed by atoms with Gasteiger partial charge in [0.25, 0.3) is 0 Å². The second-order valence-electron chi connectivity index (χ2n) is 7.93. The van der Waals surface area contributed by atoms with Gasteiger partial charge in [-0.25, -0.2) is 9.97 Å². The van der Waals surface area contributed by atoms with Gasteiger partial charge in [-0.05, 0) is 36.2 Å². The maximum atomic E-state index is 8.98. The van der Waals surface area contributed by atoms with Crippen LogP contribution in [0, 0.1) is 0 Å². The van der Waals surface area contributed by atoms with Crippen LogP contribution >= 0.6 is 0 Å². The molecule has 0 aliphatic heterocycles. The fraction of sp³-hybridized carbons (Fsp3) is 0.222. The van der Waals surface area contributed by atoms with Gasteiger partial charge in [-0.15, -0.1) is 0 Å². The lowest BCUT2D eigenvalue weighted by molar-refractivity contribution is 0.317. The van der Waals surface area contributed by atoms with E-state index in [0.717, 1.165) is 34.6 Å². The van der Waals surface area contributed by atoms with Crippen molar-refractivity contribution in [1.29, 1.82) is 0 Å². The summed E-state index contributed by atoms with van der Waals surface area (Å²) in [5.41, 5.74) is 9.24. The lowest BCUT2D eigenvalue weighted by Gasteiger charge is -2.15. The number of hydrogen-bond donors (Lipinski definition) is 3. The van der Waals surface area contributed by atoms with Crippen LogP contribution in [0.25, 0.3) is 22.0 Å². The van der Waals surface area contributed by atoms with Crippen molar-refractivity contribution in [2.75, 3.05) is 25.6 Å². The lowest BCUT2D eigenvalue weighted by Crippen LogP contribution is -2.15. The number of fused-ring (bicyclic) bond motifs is 1. The molecule has 0 bridgehead atoms. The molecule has 0 fully saturated rings. The van der Waals surface area contributed by atoms with E-state index in [1.807, 2.05) is 49.4 Å². The van der Waals surface area contributed by atoms with Gasteiger partial charge in [-0.3, -0.25) is 0 Å². The minimum Gasteiger partial charge on any atom is -0.496 e. The van der Waals surface area contributed by atoms with E-state index in [1.54, 1.807) is 7.11 Å². The number of oxime groups is 1. The van der Waals surface area contributed by atoms with Crippen LogP contribution in [0.15, 0.2) is 72.1 Å². The largest absolute Gasteiger partial charge is 0.496 e. The number of methoxy groups -OCH3 is 1. The van der Waals surface area contributed by atoms with Crippen molar-refractivity contribution in [3.63, 3.8) is 0 Å². The summed E-state index contributed by atoms with van der Waals surface area (Å²) in [4.78, 5) is 8.86. The van der Waals surface area contributed by atoms with Crippen LogP contribution in [-0.2, 0) is 12.8 Å². The van der Waals surface area contributed by atoms with Crippen molar-refractivity contribution < 1.29 is 14.7 Å². The molecule has 4 aromatic rings. The van der Waals surface area contributed by atoms with Crippen LogP contribution < -0.4 is 20.5 Å². The number of nitrogens with zero attached hydrogens (tertiary/aromatic N) is 3. The third kappa shape index (κ3) is 5.43. The number of benzene rings is 3. The number of hydrogen-bond acceptors (Lipinski definition) is 7. The van der Waals surface area contributed by atoms with Crippen molar-refractivity contribution in [1.82, 2.24) is 9.97 Å². The highest BCUT2D eigenvalue weighted by Gasteiger charge is 2.15. The third-order valence-electron chi connectivity index (χ3n) is 5.73. The smallest absolute Gasteiger partial charge is 0.143 e. The SMILES string of the molecule is CCOc1c(C/C(N)=N/O)cccc1-c1cc(NCCc2c(OC)ccc3ccccc23)ncn1. The number of nitrogens with two attached hydrogens (primary N) is 1. The number of nitrogens with one attached hydrogen (secondary N) is 1. The second-order valence-corrected chi connectivity index (χ2v) is 7.93. The molecule has 0 unspecified atom stereocenters. The Morgan fingerprint density at radius 2 is 1.94 bits per heavy atom. The van der Waals surface area contributed by atoms with Gasteiger partial charge in [0.05, 0.1) is 19.4 Å². The van der Waals surface area contributed by atoms with E-state index < -0.39 is 0 Å². The molecule has 0 radical (unpaired) electrons. The Morgan fingerprint density at radius 3 is 2.74 bits per heavy atom. The molecule has 0 aliphatic carbocycles. The molecule has 0 saturated heterocycles. The molecule has 180 valence electrons. The van der Waals surface area contributed by atoms with E-state index in [4.69, 9.17) is 20.4 Å². The zero-order valence-corrected chi connectivity index (χ0v) is 19.9. The lowest BCUT2D eigenvalue weighted by atomic mass is 10.0. The highest BCUT2D eigenvalue weighted by molar-refractivity contribution is 5.88. The summed E-state index contributed by atoms with van der Waals surface area (Å²) in [6.45, 7) is 3.06. The molecule has 1 heterocycles. The molecule has 4 N–H and O–H groups in total. The topological polar surface area (TPSA) is 115 Å². The van der Waals surface area contributed by atoms with Crippen molar-refractivity contribution in [3.05, 3.63) is 78.1 Å². The van der Waals surface area contributed by atoms with Gasteiger partial charge < -0.3 is 25.7 Å². The summed E-state index contributed by atoms with van der Waals surface area (Å²) in [5.74, 6) is 2.35. The fourth-order valence-corrected chi connectivity index (χ4v) is 4.15. The van der Waals surface area contributed by atoms with E-state index in [0.29, 0.717) is 24.7 Å². The van der Waals surface area contributed by atoms with Gasteiger partial charge in [0.15, 0.2) is 0 Å². The predicted molar refractivity (Wildman–Crippen MR) is 138 cm³/mol. The Hall–Kier alpha value is -4.33. The Morgan fingerprint density at radius 1 is 1.09 bits per heavy atom. The van der Waals surface area contributed by atoms with Crippen LogP contribution in [0.3, 0.4) is 0 Å². The maximum absolute atomic E-state index is 8.98. The van der Waals surface area contributed by atoms with Crippen LogP contribution in [-0.4, -0.2) is 41.3 Å². The monoisotopic (exact) mass is 471 g/mol. The molecule has 3 aromatic carbocycles. The summed E-state index contributed by atoms with van der Waals surface area (Å²) >= 11 is 0. The Kier molecular flexibility index (Phi) is 7.62. The van der Waals surface area contributed by atoms with E-state index in [2.05, 4.69) is 38.6 Å². The molecule has 35 heavy (non-hydrogen) atoms. The normalized spacial score (nSPS) is 11.4.